The maximum atomic E-state index is 12.6. The second kappa shape index (κ2) is 6.23. The third-order valence-corrected chi connectivity index (χ3v) is 5.73. The number of nitrogens with zero attached hydrogens (tertiary/aromatic N) is 2. The molecule has 0 atom stereocenters. The molecule has 0 bridgehead atoms. The van der Waals surface area contributed by atoms with Gasteiger partial charge in [-0.1, -0.05) is 0 Å². The number of aryl methyl sites for hydroxylation is 1. The molecule has 0 aliphatic rings. The van der Waals surface area contributed by atoms with Crippen LogP contribution in [-0.2, 0) is 33.3 Å². The van der Waals surface area contributed by atoms with E-state index in [-0.39, 0.29) is 32.3 Å². The van der Waals surface area contributed by atoms with E-state index in [1.54, 1.807) is 0 Å². The normalized spacial score (nSPS) is 13.7. The summed E-state index contributed by atoms with van der Waals surface area (Å²) in [7, 11) is -11.6. The van der Waals surface area contributed by atoms with E-state index < -0.39 is 47.4 Å². The highest BCUT2D eigenvalue weighted by Gasteiger charge is 2.57. The van der Waals surface area contributed by atoms with Gasteiger partial charge in [0.05, 0.1) is 13.6 Å². The molecule has 136 valence electrons. The number of sulfone groups is 2. The van der Waals surface area contributed by atoms with Crippen LogP contribution in [0.25, 0.3) is 0 Å². The van der Waals surface area contributed by atoms with Crippen molar-refractivity contribution in [3.63, 3.8) is 0 Å². The molecule has 15 heteroatoms. The summed E-state index contributed by atoms with van der Waals surface area (Å²) in [5.74, 6) is 0. The van der Waals surface area contributed by atoms with E-state index >= 15 is 0 Å². The van der Waals surface area contributed by atoms with Gasteiger partial charge in [0.2, 0.25) is 0 Å². The molecule has 0 saturated carbocycles. The number of hydrogen-bond acceptors (Lipinski definition) is 4. The van der Waals surface area contributed by atoms with Gasteiger partial charge in [0.25, 0.3) is 5.03 Å². The summed E-state index contributed by atoms with van der Waals surface area (Å²) in [4.78, 5) is 0. The first-order valence-electron chi connectivity index (χ1n) is 5.31. The molecular weight excluding hydrogens is 446 g/mol. The van der Waals surface area contributed by atoms with Gasteiger partial charge in [0.1, 0.15) is 0 Å². The predicted octanol–water partition coefficient (Wildman–Crippen LogP) is -2.08. The number of hydrogen-bond donors (Lipinski definition) is 0. The molecule has 23 heavy (non-hydrogen) atoms. The van der Waals surface area contributed by atoms with Crippen molar-refractivity contribution in [3.8, 4) is 0 Å². The lowest BCUT2D eigenvalue weighted by atomic mass is 10.7. The van der Waals surface area contributed by atoms with Crippen LogP contribution in [0.15, 0.2) is 16.4 Å². The molecule has 6 nitrogen and oxygen atoms in total. The minimum absolute atomic E-state index is 0. The van der Waals surface area contributed by atoms with Crippen LogP contribution in [0.1, 0.15) is 6.92 Å². The SMILES string of the molecule is CC[n+]1cc(S(=O)(=O)C(F)(F)F)n(C)c1S(=O)(=O)C(F)(F)F.[Br-]. The van der Waals surface area contributed by atoms with E-state index in [0.717, 1.165) is 6.92 Å². The molecule has 0 amide bonds. The van der Waals surface area contributed by atoms with Crippen molar-refractivity contribution < 1.29 is 64.7 Å². The van der Waals surface area contributed by atoms with E-state index in [4.69, 9.17) is 0 Å². The maximum Gasteiger partial charge on any atom is 0.509 e. The quantitative estimate of drug-likeness (QED) is 0.388. The van der Waals surface area contributed by atoms with Crippen molar-refractivity contribution in [2.24, 2.45) is 7.05 Å². The Morgan fingerprint density at radius 2 is 1.39 bits per heavy atom. The molecule has 0 aliphatic heterocycles. The van der Waals surface area contributed by atoms with Crippen molar-refractivity contribution in [2.45, 2.75) is 34.7 Å². The first-order valence-corrected chi connectivity index (χ1v) is 8.27. The Kier molecular flexibility index (Phi) is 6.01. The van der Waals surface area contributed by atoms with Gasteiger partial charge in [-0.3, -0.25) is 0 Å². The number of aromatic nitrogens is 2. The Labute approximate surface area is 137 Å². The monoisotopic (exact) mass is 454 g/mol. The number of alkyl halides is 6. The highest BCUT2D eigenvalue weighted by Crippen LogP contribution is 2.33. The molecule has 0 N–H and O–H groups in total. The van der Waals surface area contributed by atoms with Crippen molar-refractivity contribution in [3.05, 3.63) is 6.20 Å². The number of imidazole rings is 1. The Morgan fingerprint density at radius 3 is 1.70 bits per heavy atom. The topological polar surface area (TPSA) is 77.1 Å². The first-order chi connectivity index (χ1) is 9.59. The third-order valence-electron chi connectivity index (χ3n) is 2.60. The molecule has 1 rings (SSSR count). The molecule has 0 fully saturated rings. The molecule has 0 aromatic carbocycles. The fourth-order valence-electron chi connectivity index (χ4n) is 1.59. The summed E-state index contributed by atoms with van der Waals surface area (Å²) in [6.07, 6.45) is 0.196. The summed E-state index contributed by atoms with van der Waals surface area (Å²) in [5, 5.41) is -3.21. The van der Waals surface area contributed by atoms with Crippen LogP contribution in [-0.4, -0.2) is 32.4 Å². The standard InChI is InChI=1S/C8H9F6N2O4S2.BrH/c1-3-16-4-5(21(17,18)7(9,10)11)15(2)6(16)22(19,20)8(12,13)14;/h4H,3H2,1-2H3;1H/q+1;/p-1. The zero-order chi connectivity index (χ0) is 17.7. The Morgan fingerprint density at radius 1 is 1.00 bits per heavy atom. The van der Waals surface area contributed by atoms with Gasteiger partial charge in [0.15, 0.2) is 6.20 Å². The fourth-order valence-corrected chi connectivity index (χ4v) is 3.76. The van der Waals surface area contributed by atoms with Crippen LogP contribution in [0.3, 0.4) is 0 Å². The molecule has 0 aliphatic carbocycles. The van der Waals surface area contributed by atoms with Crippen LogP contribution < -0.4 is 21.5 Å². The Balaban J connectivity index is 0.00000484. The Bertz CT molecular complexity index is 794. The summed E-state index contributed by atoms with van der Waals surface area (Å²) in [6.45, 7) is 0.644. The van der Waals surface area contributed by atoms with Gasteiger partial charge in [-0.2, -0.15) is 26.3 Å². The van der Waals surface area contributed by atoms with E-state index in [9.17, 15) is 43.2 Å². The Hall–Kier alpha value is -0.830. The van der Waals surface area contributed by atoms with E-state index in [2.05, 4.69) is 0 Å². The summed E-state index contributed by atoms with van der Waals surface area (Å²) >= 11 is 0. The van der Waals surface area contributed by atoms with Gasteiger partial charge in [-0.15, -0.1) is 0 Å². The molecule has 0 spiro atoms. The molecule has 0 unspecified atom stereocenters. The predicted molar refractivity (Wildman–Crippen MR) is 57.8 cm³/mol. The smallest absolute Gasteiger partial charge is 0.509 e. The van der Waals surface area contributed by atoms with Crippen molar-refractivity contribution in [1.82, 2.24) is 4.57 Å². The maximum absolute atomic E-state index is 12.6. The average Bonchev–Trinajstić information content (AvgIpc) is 2.64. The molecule has 0 radical (unpaired) electrons. The van der Waals surface area contributed by atoms with Gasteiger partial charge in [-0.25, -0.2) is 26.0 Å². The highest BCUT2D eigenvalue weighted by molar-refractivity contribution is 7.92. The zero-order valence-corrected chi connectivity index (χ0v) is 14.5. The minimum Gasteiger partial charge on any atom is -1.00 e. The van der Waals surface area contributed by atoms with Crippen molar-refractivity contribution in [1.29, 1.82) is 0 Å². The third kappa shape index (κ3) is 3.50. The zero-order valence-electron chi connectivity index (χ0n) is 11.3. The molecular formula is C8H9BrF6N2O4S2. The first kappa shape index (κ1) is 22.2. The second-order valence-corrected chi connectivity index (χ2v) is 7.72. The summed E-state index contributed by atoms with van der Waals surface area (Å²) in [5.41, 5.74) is -11.6. The number of halogens is 7. The van der Waals surface area contributed by atoms with Crippen LogP contribution in [0.2, 0.25) is 0 Å². The number of rotatable bonds is 3. The lowest BCUT2D eigenvalue weighted by Crippen LogP contribution is -3.00. The second-order valence-electron chi connectivity index (χ2n) is 3.99. The van der Waals surface area contributed by atoms with Crippen LogP contribution >= 0.6 is 0 Å². The summed E-state index contributed by atoms with van der Waals surface area (Å²) < 4.78 is 121. The molecule has 0 saturated heterocycles. The van der Waals surface area contributed by atoms with E-state index in [1.165, 1.54) is 0 Å². The average molecular weight is 455 g/mol. The molecule has 1 heterocycles. The van der Waals surface area contributed by atoms with Gasteiger partial charge >= 0.3 is 35.8 Å². The minimum atomic E-state index is -6.04. The van der Waals surface area contributed by atoms with Crippen molar-refractivity contribution >= 4 is 19.7 Å². The molecule has 1 aromatic rings. The lowest BCUT2D eigenvalue weighted by Gasteiger charge is -2.07. The lowest BCUT2D eigenvalue weighted by molar-refractivity contribution is -0.731. The van der Waals surface area contributed by atoms with Crippen molar-refractivity contribution in [2.75, 3.05) is 0 Å². The van der Waals surface area contributed by atoms with Gasteiger partial charge < -0.3 is 17.0 Å². The highest BCUT2D eigenvalue weighted by atomic mass is 79.9. The van der Waals surface area contributed by atoms with Crippen LogP contribution in [0.5, 0.6) is 0 Å². The van der Waals surface area contributed by atoms with Gasteiger partial charge in [0, 0.05) is 0 Å². The van der Waals surface area contributed by atoms with E-state index in [1.807, 2.05) is 0 Å². The molecule has 1 aromatic heterocycles. The largest absolute Gasteiger partial charge is 1.00 e. The van der Waals surface area contributed by atoms with E-state index in [0.29, 0.717) is 7.05 Å². The summed E-state index contributed by atoms with van der Waals surface area (Å²) in [6, 6.07) is 0. The van der Waals surface area contributed by atoms with Crippen LogP contribution in [0, 0.1) is 0 Å². The van der Waals surface area contributed by atoms with Gasteiger partial charge in [-0.05, 0) is 6.92 Å². The van der Waals surface area contributed by atoms with Crippen LogP contribution in [0.4, 0.5) is 26.3 Å². The fraction of sp³-hybridized carbons (Fsp3) is 0.625.